The third-order valence-corrected chi connectivity index (χ3v) is 2.88. The average molecular weight is 306 g/mol. The van der Waals surface area contributed by atoms with Gasteiger partial charge in [-0.15, -0.1) is 0 Å². The van der Waals surface area contributed by atoms with Crippen molar-refractivity contribution in [3.63, 3.8) is 0 Å². The van der Waals surface area contributed by atoms with Crippen LogP contribution in [0.1, 0.15) is 5.56 Å². The molecule has 0 aromatic heterocycles. The molecule has 0 bridgehead atoms. The Labute approximate surface area is 126 Å². The summed E-state index contributed by atoms with van der Waals surface area (Å²) in [5.74, 6) is -1.09. The summed E-state index contributed by atoms with van der Waals surface area (Å²) in [5, 5.41) is 20.0. The fourth-order valence-corrected chi connectivity index (χ4v) is 1.90. The van der Waals surface area contributed by atoms with Gasteiger partial charge >= 0.3 is 7.47 Å². The molecule has 4 nitrogen and oxygen atoms in total. The molecule has 0 amide bonds. The van der Waals surface area contributed by atoms with Crippen LogP contribution in [0.2, 0.25) is 0 Å². The first-order chi connectivity index (χ1) is 10.5. The minimum absolute atomic E-state index is 0.129. The maximum atomic E-state index is 12.5. The van der Waals surface area contributed by atoms with Crippen molar-refractivity contribution in [2.24, 2.45) is 0 Å². The normalized spacial score (nSPS) is 13.4. The van der Waals surface area contributed by atoms with Crippen LogP contribution in [0.15, 0.2) is 54.2 Å². The van der Waals surface area contributed by atoms with E-state index in [-0.39, 0.29) is 17.1 Å². The summed E-state index contributed by atoms with van der Waals surface area (Å²) >= 11 is 0. The van der Waals surface area contributed by atoms with Gasteiger partial charge in [0, 0.05) is 12.1 Å². The number of allylic oxidation sites excluding steroid dienone is 7. The Morgan fingerprint density at radius 3 is 2.50 bits per heavy atom. The summed E-state index contributed by atoms with van der Waals surface area (Å²) < 4.78 is 34.2. The molecule has 114 valence electrons. The Hall–Kier alpha value is -2.70. The van der Waals surface area contributed by atoms with E-state index in [4.69, 9.17) is 4.74 Å². The van der Waals surface area contributed by atoms with E-state index in [2.05, 4.69) is 4.65 Å². The number of ether oxygens (including phenoxy) is 1. The van der Waals surface area contributed by atoms with Crippen LogP contribution < -0.4 is 9.39 Å². The molecule has 0 saturated carbocycles. The van der Waals surface area contributed by atoms with E-state index in [1.807, 2.05) is 12.2 Å². The van der Waals surface area contributed by atoms with Crippen LogP contribution in [0.25, 0.3) is 5.76 Å². The van der Waals surface area contributed by atoms with E-state index in [1.165, 1.54) is 19.3 Å². The number of aliphatic hydroxyl groups excluding tert-OH is 1. The number of hydrogen-bond acceptors (Lipinski definition) is 4. The quantitative estimate of drug-likeness (QED) is 0.644. The summed E-state index contributed by atoms with van der Waals surface area (Å²) in [6.07, 6.45) is 10.1. The molecule has 2 rings (SSSR count). The zero-order valence-electron chi connectivity index (χ0n) is 11.7. The van der Waals surface area contributed by atoms with Crippen molar-refractivity contribution in [3.8, 4) is 17.2 Å². The molecular formula is C15H13BF2O4. The van der Waals surface area contributed by atoms with E-state index < -0.39 is 19.0 Å². The van der Waals surface area contributed by atoms with Gasteiger partial charge in [0.25, 0.3) is 0 Å². The molecule has 2 N–H and O–H groups in total. The highest BCUT2D eigenvalue weighted by Crippen LogP contribution is 2.38. The molecule has 0 spiro atoms. The van der Waals surface area contributed by atoms with E-state index in [0.29, 0.717) is 0 Å². The van der Waals surface area contributed by atoms with Crippen molar-refractivity contribution in [1.82, 2.24) is 0 Å². The van der Waals surface area contributed by atoms with E-state index in [9.17, 15) is 18.8 Å². The second-order valence-electron chi connectivity index (χ2n) is 4.33. The van der Waals surface area contributed by atoms with Crippen LogP contribution in [0.5, 0.6) is 17.2 Å². The average Bonchev–Trinajstić information content (AvgIpc) is 2.97. The largest absolute Gasteiger partial charge is 0.796 e. The Bertz CT molecular complexity index is 664. The molecule has 0 fully saturated rings. The highest BCUT2D eigenvalue weighted by Gasteiger charge is 2.24. The summed E-state index contributed by atoms with van der Waals surface area (Å²) in [6.45, 7) is 0. The van der Waals surface area contributed by atoms with Crippen molar-refractivity contribution >= 4 is 13.2 Å². The molecule has 7 heteroatoms. The molecule has 1 aliphatic rings. The van der Waals surface area contributed by atoms with Gasteiger partial charge in [0.05, 0.1) is 12.7 Å². The van der Waals surface area contributed by atoms with Gasteiger partial charge in [-0.2, -0.15) is 0 Å². The lowest BCUT2D eigenvalue weighted by molar-refractivity contribution is 0.390. The van der Waals surface area contributed by atoms with E-state index in [0.717, 1.165) is 11.6 Å². The molecule has 0 aliphatic heterocycles. The molecule has 0 radical (unpaired) electrons. The Morgan fingerprint density at radius 2 is 1.91 bits per heavy atom. The zero-order valence-corrected chi connectivity index (χ0v) is 11.7. The van der Waals surface area contributed by atoms with Gasteiger partial charge in [-0.05, 0) is 11.6 Å². The Morgan fingerprint density at radius 1 is 1.23 bits per heavy atom. The molecule has 22 heavy (non-hydrogen) atoms. The van der Waals surface area contributed by atoms with Gasteiger partial charge < -0.3 is 19.6 Å². The highest BCUT2D eigenvalue weighted by atomic mass is 19.2. The van der Waals surface area contributed by atoms with Crippen LogP contribution in [0, 0.1) is 0 Å². The van der Waals surface area contributed by atoms with E-state index in [1.54, 1.807) is 18.2 Å². The number of benzene rings is 1. The lowest BCUT2D eigenvalue weighted by atomic mass is 10.1. The second kappa shape index (κ2) is 6.84. The smallest absolute Gasteiger partial charge is 0.507 e. The molecule has 1 aromatic rings. The van der Waals surface area contributed by atoms with E-state index >= 15 is 0 Å². The number of hydrogen-bond donors (Lipinski definition) is 2. The maximum absolute atomic E-state index is 12.5. The van der Waals surface area contributed by atoms with Gasteiger partial charge in [0.2, 0.25) is 0 Å². The number of phenolic OH excluding ortho intramolecular Hbond substituents is 1. The number of phenols is 1. The van der Waals surface area contributed by atoms with Gasteiger partial charge in [-0.1, -0.05) is 30.4 Å². The fraction of sp³-hybridized carbons (Fsp3) is 0.0667. The Balaban J connectivity index is 2.43. The van der Waals surface area contributed by atoms with Crippen molar-refractivity contribution < 1.29 is 28.2 Å². The van der Waals surface area contributed by atoms with Crippen LogP contribution >= 0.6 is 0 Å². The zero-order chi connectivity index (χ0) is 16.1. The summed E-state index contributed by atoms with van der Waals surface area (Å²) in [4.78, 5) is 0. The number of halogens is 2. The SMILES string of the molecule is COc1cc(O)c(C(O)=CC=C2C=CC=C2)c(OB(F)F)c1. The van der Waals surface area contributed by atoms with Crippen LogP contribution in [-0.4, -0.2) is 24.8 Å². The molecule has 0 atom stereocenters. The van der Waals surface area contributed by atoms with Gasteiger partial charge in [-0.3, -0.25) is 0 Å². The third-order valence-electron chi connectivity index (χ3n) is 2.88. The van der Waals surface area contributed by atoms with Crippen LogP contribution in [0.3, 0.4) is 0 Å². The lowest BCUT2D eigenvalue weighted by Crippen LogP contribution is -2.10. The van der Waals surface area contributed by atoms with Crippen molar-refractivity contribution in [2.75, 3.05) is 7.11 Å². The minimum Gasteiger partial charge on any atom is -0.507 e. The van der Waals surface area contributed by atoms with Gasteiger partial charge in [0.15, 0.2) is 0 Å². The monoisotopic (exact) mass is 306 g/mol. The van der Waals surface area contributed by atoms with Gasteiger partial charge in [0.1, 0.15) is 23.0 Å². The topological polar surface area (TPSA) is 58.9 Å². The predicted molar refractivity (Wildman–Crippen MR) is 80.2 cm³/mol. The van der Waals surface area contributed by atoms with Gasteiger partial charge in [-0.25, -0.2) is 8.63 Å². The number of aromatic hydroxyl groups is 1. The minimum atomic E-state index is -3.10. The first-order valence-corrected chi connectivity index (χ1v) is 6.33. The maximum Gasteiger partial charge on any atom is 0.796 e. The summed E-state index contributed by atoms with van der Waals surface area (Å²) in [7, 11) is -1.78. The lowest BCUT2D eigenvalue weighted by Gasteiger charge is -2.13. The molecule has 0 heterocycles. The fourth-order valence-electron chi connectivity index (χ4n) is 1.90. The standard InChI is InChI=1S/C15H13BF2O4/c1-21-11-8-13(20)15(14(9-11)22-16(17)18)12(19)7-6-10-4-2-3-5-10/h2-9,19-20H,1H3. The summed E-state index contributed by atoms with van der Waals surface area (Å²) in [6, 6.07) is 2.36. The highest BCUT2D eigenvalue weighted by molar-refractivity contribution is 6.35. The number of methoxy groups -OCH3 is 1. The second-order valence-corrected chi connectivity index (χ2v) is 4.33. The van der Waals surface area contributed by atoms with Crippen molar-refractivity contribution in [1.29, 1.82) is 0 Å². The predicted octanol–water partition coefficient (Wildman–Crippen LogP) is 3.65. The van der Waals surface area contributed by atoms with Crippen molar-refractivity contribution in [2.45, 2.75) is 0 Å². The summed E-state index contributed by atoms with van der Waals surface area (Å²) in [5.41, 5.74) is 0.583. The first kappa shape index (κ1) is 15.7. The van der Waals surface area contributed by atoms with Crippen LogP contribution in [0.4, 0.5) is 8.63 Å². The van der Waals surface area contributed by atoms with Crippen LogP contribution in [-0.2, 0) is 0 Å². The molecular weight excluding hydrogens is 293 g/mol. The molecule has 0 saturated heterocycles. The Kier molecular flexibility index (Phi) is 4.88. The van der Waals surface area contributed by atoms with Crippen molar-refractivity contribution in [3.05, 3.63) is 59.7 Å². The molecule has 0 unspecified atom stereocenters. The third kappa shape index (κ3) is 3.69. The molecule has 1 aliphatic carbocycles. The molecule has 1 aromatic carbocycles. The first-order valence-electron chi connectivity index (χ1n) is 6.33. The number of aliphatic hydroxyl groups is 1. The number of rotatable bonds is 5.